The second-order valence-electron chi connectivity index (χ2n) is 5.20. The quantitative estimate of drug-likeness (QED) is 0.892. The third-order valence-electron chi connectivity index (χ3n) is 3.84. The molecule has 1 N–H and O–H groups in total. The number of aryl methyl sites for hydroxylation is 2. The van der Waals surface area contributed by atoms with Crippen molar-refractivity contribution in [2.24, 2.45) is 0 Å². The van der Waals surface area contributed by atoms with Crippen LogP contribution in [0.2, 0.25) is 0 Å². The first-order valence-electron chi connectivity index (χ1n) is 6.58. The number of fused-ring (bicyclic) bond motifs is 1. The molecule has 1 aromatic carbocycles. The topological polar surface area (TPSA) is 40.5 Å². The normalized spacial score (nSPS) is 17.3. The molecule has 3 heteroatoms. The molecule has 1 unspecified atom stereocenters. The SMILES string of the molecule is CCC(C(=O)O)N1CCc2c(C)cc(C)cc2C1. The van der Waals surface area contributed by atoms with Gasteiger partial charge in [0.1, 0.15) is 6.04 Å². The number of hydrogen-bond acceptors (Lipinski definition) is 2. The average molecular weight is 247 g/mol. The Labute approximate surface area is 108 Å². The first-order valence-corrected chi connectivity index (χ1v) is 6.58. The van der Waals surface area contributed by atoms with Crippen molar-refractivity contribution < 1.29 is 9.90 Å². The monoisotopic (exact) mass is 247 g/mol. The molecule has 18 heavy (non-hydrogen) atoms. The molecule has 0 radical (unpaired) electrons. The molecule has 1 atom stereocenters. The molecular weight excluding hydrogens is 226 g/mol. The number of rotatable bonds is 3. The average Bonchev–Trinajstić information content (AvgIpc) is 2.28. The Kier molecular flexibility index (Phi) is 3.71. The highest BCUT2D eigenvalue weighted by Crippen LogP contribution is 2.25. The largest absolute Gasteiger partial charge is 0.480 e. The van der Waals surface area contributed by atoms with Gasteiger partial charge in [0, 0.05) is 13.1 Å². The van der Waals surface area contributed by atoms with Crippen molar-refractivity contribution in [2.45, 2.75) is 46.2 Å². The van der Waals surface area contributed by atoms with Gasteiger partial charge >= 0.3 is 5.97 Å². The lowest BCUT2D eigenvalue weighted by Crippen LogP contribution is -2.43. The van der Waals surface area contributed by atoms with Crippen LogP contribution in [0.4, 0.5) is 0 Å². The predicted molar refractivity (Wildman–Crippen MR) is 71.7 cm³/mol. The van der Waals surface area contributed by atoms with Crippen LogP contribution in [0, 0.1) is 13.8 Å². The summed E-state index contributed by atoms with van der Waals surface area (Å²) in [6.07, 6.45) is 1.63. The Morgan fingerprint density at radius 2 is 2.17 bits per heavy atom. The molecule has 3 nitrogen and oxygen atoms in total. The summed E-state index contributed by atoms with van der Waals surface area (Å²) in [4.78, 5) is 13.3. The van der Waals surface area contributed by atoms with Crippen LogP contribution in [0.25, 0.3) is 0 Å². The Hall–Kier alpha value is -1.35. The van der Waals surface area contributed by atoms with Crippen molar-refractivity contribution in [3.63, 3.8) is 0 Å². The van der Waals surface area contributed by atoms with Gasteiger partial charge in [0.2, 0.25) is 0 Å². The molecule has 0 aromatic heterocycles. The van der Waals surface area contributed by atoms with Gasteiger partial charge in [0.05, 0.1) is 0 Å². The van der Waals surface area contributed by atoms with Crippen molar-refractivity contribution in [1.29, 1.82) is 0 Å². The van der Waals surface area contributed by atoms with Crippen LogP contribution < -0.4 is 0 Å². The lowest BCUT2D eigenvalue weighted by molar-refractivity contribution is -0.143. The van der Waals surface area contributed by atoms with Gasteiger partial charge in [0.15, 0.2) is 0 Å². The zero-order valence-corrected chi connectivity index (χ0v) is 11.4. The Morgan fingerprint density at radius 1 is 1.44 bits per heavy atom. The van der Waals surface area contributed by atoms with Gasteiger partial charge < -0.3 is 5.11 Å². The molecule has 0 saturated heterocycles. The first kappa shape index (κ1) is 13.1. The second kappa shape index (κ2) is 5.11. The van der Waals surface area contributed by atoms with Gasteiger partial charge in [-0.25, -0.2) is 0 Å². The molecule has 1 aliphatic rings. The van der Waals surface area contributed by atoms with Crippen LogP contribution in [0.5, 0.6) is 0 Å². The van der Waals surface area contributed by atoms with Gasteiger partial charge in [0.25, 0.3) is 0 Å². The molecule has 0 amide bonds. The van der Waals surface area contributed by atoms with E-state index in [9.17, 15) is 9.90 Å². The highest BCUT2D eigenvalue weighted by atomic mass is 16.4. The molecule has 0 aliphatic carbocycles. The number of carboxylic acid groups (broad SMARTS) is 1. The highest BCUT2D eigenvalue weighted by Gasteiger charge is 2.27. The minimum atomic E-state index is -0.703. The molecule has 98 valence electrons. The van der Waals surface area contributed by atoms with Crippen LogP contribution in [0.15, 0.2) is 12.1 Å². The highest BCUT2D eigenvalue weighted by molar-refractivity contribution is 5.73. The number of carboxylic acids is 1. The molecule has 0 fully saturated rings. The van der Waals surface area contributed by atoms with Crippen molar-refractivity contribution in [1.82, 2.24) is 4.90 Å². The molecule has 0 spiro atoms. The summed E-state index contributed by atoms with van der Waals surface area (Å²) in [5, 5.41) is 9.24. The fourth-order valence-corrected chi connectivity index (χ4v) is 2.99. The van der Waals surface area contributed by atoms with Crippen LogP contribution in [-0.4, -0.2) is 28.6 Å². The van der Waals surface area contributed by atoms with E-state index in [1.807, 2.05) is 6.92 Å². The molecule has 1 aromatic rings. The maximum Gasteiger partial charge on any atom is 0.320 e. The molecule has 0 bridgehead atoms. The third-order valence-corrected chi connectivity index (χ3v) is 3.84. The molecule has 0 saturated carbocycles. The van der Waals surface area contributed by atoms with Crippen molar-refractivity contribution in [2.75, 3.05) is 6.54 Å². The van der Waals surface area contributed by atoms with Crippen LogP contribution in [0.3, 0.4) is 0 Å². The van der Waals surface area contributed by atoms with Crippen molar-refractivity contribution in [3.8, 4) is 0 Å². The fourth-order valence-electron chi connectivity index (χ4n) is 2.99. The third kappa shape index (κ3) is 2.41. The summed E-state index contributed by atoms with van der Waals surface area (Å²) in [5.41, 5.74) is 5.32. The Bertz CT molecular complexity index is 468. The molecule has 1 heterocycles. The molecular formula is C15H21NO2. The summed E-state index contributed by atoms with van der Waals surface area (Å²) in [6, 6.07) is 4.06. The van der Waals surface area contributed by atoms with Crippen LogP contribution >= 0.6 is 0 Å². The molecule has 1 aliphatic heterocycles. The number of benzene rings is 1. The van der Waals surface area contributed by atoms with E-state index >= 15 is 0 Å². The number of hydrogen-bond donors (Lipinski definition) is 1. The van der Waals surface area contributed by atoms with Gasteiger partial charge in [-0.1, -0.05) is 24.6 Å². The number of carbonyl (C=O) groups is 1. The summed E-state index contributed by atoms with van der Waals surface area (Å²) in [5.74, 6) is -0.703. The van der Waals surface area contributed by atoms with Gasteiger partial charge in [-0.05, 0) is 43.4 Å². The maximum absolute atomic E-state index is 11.2. The van der Waals surface area contributed by atoms with Gasteiger partial charge in [-0.15, -0.1) is 0 Å². The van der Waals surface area contributed by atoms with E-state index in [1.165, 1.54) is 22.3 Å². The van der Waals surface area contributed by atoms with E-state index in [4.69, 9.17) is 0 Å². The minimum absolute atomic E-state index is 0.348. The van der Waals surface area contributed by atoms with E-state index < -0.39 is 5.97 Å². The second-order valence-corrected chi connectivity index (χ2v) is 5.20. The summed E-state index contributed by atoms with van der Waals surface area (Å²) in [7, 11) is 0. The molecule has 2 rings (SSSR count). The van der Waals surface area contributed by atoms with Crippen molar-refractivity contribution in [3.05, 3.63) is 34.4 Å². The summed E-state index contributed by atoms with van der Waals surface area (Å²) < 4.78 is 0. The van der Waals surface area contributed by atoms with E-state index in [1.54, 1.807) is 0 Å². The zero-order chi connectivity index (χ0) is 13.3. The summed E-state index contributed by atoms with van der Waals surface area (Å²) in [6.45, 7) is 7.80. The van der Waals surface area contributed by atoms with Crippen LogP contribution in [0.1, 0.15) is 35.6 Å². The maximum atomic E-state index is 11.2. The van der Waals surface area contributed by atoms with Crippen LogP contribution in [-0.2, 0) is 17.8 Å². The van der Waals surface area contributed by atoms with E-state index in [0.717, 1.165) is 19.5 Å². The van der Waals surface area contributed by atoms with Gasteiger partial charge in [-0.2, -0.15) is 0 Å². The first-order chi connectivity index (χ1) is 8.52. The van der Waals surface area contributed by atoms with Crippen molar-refractivity contribution >= 4 is 5.97 Å². The standard InChI is InChI=1S/C15H21NO2/c1-4-14(15(17)18)16-6-5-13-11(3)7-10(2)8-12(13)9-16/h7-8,14H,4-6,9H2,1-3H3,(H,17,18). The fraction of sp³-hybridized carbons (Fsp3) is 0.533. The Balaban J connectivity index is 2.27. The van der Waals surface area contributed by atoms with E-state index in [0.29, 0.717) is 6.42 Å². The summed E-state index contributed by atoms with van der Waals surface area (Å²) >= 11 is 0. The lowest BCUT2D eigenvalue weighted by atomic mass is 9.92. The smallest absolute Gasteiger partial charge is 0.320 e. The predicted octanol–water partition coefficient (Wildman–Crippen LogP) is 2.52. The minimum Gasteiger partial charge on any atom is -0.480 e. The van der Waals surface area contributed by atoms with E-state index in [2.05, 4.69) is 30.9 Å². The van der Waals surface area contributed by atoms with Gasteiger partial charge in [-0.3, -0.25) is 9.69 Å². The number of nitrogens with zero attached hydrogens (tertiary/aromatic N) is 1. The lowest BCUT2D eigenvalue weighted by Gasteiger charge is -2.33. The zero-order valence-electron chi connectivity index (χ0n) is 11.4. The Morgan fingerprint density at radius 3 is 2.78 bits per heavy atom. The van der Waals surface area contributed by atoms with E-state index in [-0.39, 0.29) is 6.04 Å². The number of aliphatic carboxylic acids is 1.